The zero-order chi connectivity index (χ0) is 14.0. The first-order chi connectivity index (χ1) is 9.02. The highest BCUT2D eigenvalue weighted by Crippen LogP contribution is 2.25. The van der Waals surface area contributed by atoms with Gasteiger partial charge in [-0.15, -0.1) is 0 Å². The van der Waals surface area contributed by atoms with Crippen LogP contribution in [0.4, 0.5) is 0 Å². The van der Waals surface area contributed by atoms with Crippen LogP contribution >= 0.6 is 11.6 Å². The molecule has 0 saturated carbocycles. The fourth-order valence-electron chi connectivity index (χ4n) is 2.27. The van der Waals surface area contributed by atoms with Crippen LogP contribution in [0.3, 0.4) is 0 Å². The van der Waals surface area contributed by atoms with Gasteiger partial charge in [0.25, 0.3) is 11.8 Å². The van der Waals surface area contributed by atoms with Gasteiger partial charge in [-0.2, -0.15) is 0 Å². The molecule has 1 aromatic rings. The van der Waals surface area contributed by atoms with Crippen LogP contribution in [0.25, 0.3) is 0 Å². The molecule has 2 amide bonds. The van der Waals surface area contributed by atoms with Gasteiger partial charge >= 0.3 is 0 Å². The number of hydrogen-bond acceptors (Lipinski definition) is 3. The maximum atomic E-state index is 12.2. The Balaban J connectivity index is 2.09. The summed E-state index contributed by atoms with van der Waals surface area (Å²) in [4.78, 5) is 36.3. The Morgan fingerprint density at radius 2 is 1.74 bits per heavy atom. The summed E-state index contributed by atoms with van der Waals surface area (Å²) in [6, 6.07) is 6.56. The molecule has 1 heterocycles. The van der Waals surface area contributed by atoms with Crippen molar-refractivity contribution in [3.05, 3.63) is 35.4 Å². The molecular weight excluding hydrogens is 266 g/mol. The third kappa shape index (κ3) is 2.68. The second-order valence-corrected chi connectivity index (χ2v) is 5.04. The van der Waals surface area contributed by atoms with E-state index in [0.717, 1.165) is 0 Å². The second-order valence-electron chi connectivity index (χ2n) is 4.62. The molecule has 1 aliphatic rings. The highest BCUT2D eigenvalue weighted by Gasteiger charge is 2.37. The zero-order valence-corrected chi connectivity index (χ0v) is 11.3. The van der Waals surface area contributed by atoms with Crippen molar-refractivity contribution >= 4 is 28.7 Å². The Morgan fingerprint density at radius 1 is 1.21 bits per heavy atom. The van der Waals surface area contributed by atoms with Crippen molar-refractivity contribution < 1.29 is 14.4 Å². The summed E-state index contributed by atoms with van der Waals surface area (Å²) >= 11 is 5.26. The van der Waals surface area contributed by atoms with E-state index in [1.54, 1.807) is 31.2 Å². The van der Waals surface area contributed by atoms with Crippen molar-refractivity contribution in [2.75, 3.05) is 0 Å². The average Bonchev–Trinajstić information content (AvgIpc) is 2.62. The lowest BCUT2D eigenvalue weighted by Gasteiger charge is -2.22. The molecule has 0 spiro atoms. The molecule has 0 saturated heterocycles. The number of hydrogen-bond donors (Lipinski definition) is 0. The molecular formula is C14H14ClNO3. The number of halogens is 1. The van der Waals surface area contributed by atoms with Crippen LogP contribution in [0.2, 0.25) is 0 Å². The predicted molar refractivity (Wildman–Crippen MR) is 71.1 cm³/mol. The quantitative estimate of drug-likeness (QED) is 0.615. The highest BCUT2D eigenvalue weighted by atomic mass is 35.5. The second kappa shape index (κ2) is 5.53. The van der Waals surface area contributed by atoms with Gasteiger partial charge in [0.15, 0.2) is 0 Å². The summed E-state index contributed by atoms with van der Waals surface area (Å²) < 4.78 is 0. The van der Waals surface area contributed by atoms with Gasteiger partial charge in [-0.05, 0) is 43.5 Å². The average molecular weight is 280 g/mol. The minimum Gasteiger partial charge on any atom is -0.281 e. The molecule has 0 aliphatic carbocycles. The molecule has 0 N–H and O–H groups in total. The molecule has 1 aliphatic heterocycles. The molecule has 4 nitrogen and oxygen atoms in total. The topological polar surface area (TPSA) is 54.5 Å². The number of imide groups is 1. The first kappa shape index (κ1) is 13.7. The van der Waals surface area contributed by atoms with E-state index in [2.05, 4.69) is 0 Å². The van der Waals surface area contributed by atoms with E-state index in [9.17, 15) is 14.4 Å². The van der Waals surface area contributed by atoms with Crippen molar-refractivity contribution in [1.29, 1.82) is 0 Å². The summed E-state index contributed by atoms with van der Waals surface area (Å²) in [7, 11) is 0. The van der Waals surface area contributed by atoms with E-state index in [0.29, 0.717) is 24.0 Å². The molecule has 0 fully saturated rings. The summed E-state index contributed by atoms with van der Waals surface area (Å²) in [5, 5.41) is -0.394. The van der Waals surface area contributed by atoms with E-state index < -0.39 is 5.24 Å². The molecule has 19 heavy (non-hydrogen) atoms. The number of carbonyl (C=O) groups excluding carboxylic acids is 3. The number of fused-ring (bicyclic) bond motifs is 1. The minimum absolute atomic E-state index is 0.233. The molecule has 1 aromatic carbocycles. The summed E-state index contributed by atoms with van der Waals surface area (Å²) in [6.07, 6.45) is 1.40. The third-order valence-electron chi connectivity index (χ3n) is 3.26. The number of amides is 2. The SMILES string of the molecule is CC(CCCC(=O)Cl)N1C(=O)c2ccccc2C1=O. The van der Waals surface area contributed by atoms with Gasteiger partial charge in [-0.1, -0.05) is 12.1 Å². The number of nitrogens with zero attached hydrogens (tertiary/aromatic N) is 1. The molecule has 0 aromatic heterocycles. The van der Waals surface area contributed by atoms with Gasteiger partial charge in [0.05, 0.1) is 11.1 Å². The first-order valence-electron chi connectivity index (χ1n) is 6.17. The lowest BCUT2D eigenvalue weighted by molar-refractivity contribution is -0.111. The molecule has 0 bridgehead atoms. The Morgan fingerprint density at radius 3 is 2.21 bits per heavy atom. The van der Waals surface area contributed by atoms with E-state index in [4.69, 9.17) is 11.6 Å². The van der Waals surface area contributed by atoms with Crippen molar-refractivity contribution in [2.45, 2.75) is 32.2 Å². The monoisotopic (exact) mass is 279 g/mol. The molecule has 5 heteroatoms. The Bertz CT molecular complexity index is 506. The lowest BCUT2D eigenvalue weighted by atomic mass is 10.1. The lowest BCUT2D eigenvalue weighted by Crippen LogP contribution is -2.37. The number of benzene rings is 1. The van der Waals surface area contributed by atoms with E-state index in [1.807, 2.05) is 0 Å². The van der Waals surface area contributed by atoms with Gasteiger partial charge in [-0.25, -0.2) is 0 Å². The first-order valence-corrected chi connectivity index (χ1v) is 6.55. The number of carbonyl (C=O) groups is 3. The molecule has 2 rings (SSSR count). The Kier molecular flexibility index (Phi) is 4.00. The van der Waals surface area contributed by atoms with Gasteiger partial charge < -0.3 is 0 Å². The molecule has 100 valence electrons. The van der Waals surface area contributed by atoms with Crippen LogP contribution in [0.15, 0.2) is 24.3 Å². The van der Waals surface area contributed by atoms with Crippen molar-refractivity contribution in [3.63, 3.8) is 0 Å². The fourth-order valence-corrected chi connectivity index (χ4v) is 2.41. The van der Waals surface area contributed by atoms with Gasteiger partial charge in [0.2, 0.25) is 5.24 Å². The standard InChI is InChI=1S/C14H14ClNO3/c1-9(5-4-8-12(15)17)16-13(18)10-6-2-3-7-11(10)14(16)19/h2-3,6-7,9H,4-5,8H2,1H3. The normalized spacial score (nSPS) is 15.6. The maximum absolute atomic E-state index is 12.2. The maximum Gasteiger partial charge on any atom is 0.261 e. The summed E-state index contributed by atoms with van der Waals surface area (Å²) in [6.45, 7) is 1.81. The highest BCUT2D eigenvalue weighted by molar-refractivity contribution is 6.63. The molecule has 1 unspecified atom stereocenters. The fraction of sp³-hybridized carbons (Fsp3) is 0.357. The summed E-state index contributed by atoms with van der Waals surface area (Å²) in [5.74, 6) is -0.518. The van der Waals surface area contributed by atoms with Crippen LogP contribution in [0.5, 0.6) is 0 Å². The van der Waals surface area contributed by atoms with Gasteiger partial charge in [0, 0.05) is 12.5 Å². The molecule has 1 atom stereocenters. The van der Waals surface area contributed by atoms with Crippen molar-refractivity contribution in [1.82, 2.24) is 4.90 Å². The Labute approximate surface area is 116 Å². The number of rotatable bonds is 5. The Hall–Kier alpha value is -1.68. The van der Waals surface area contributed by atoms with Gasteiger partial charge in [-0.3, -0.25) is 19.3 Å². The predicted octanol–water partition coefficient (Wildman–Crippen LogP) is 2.61. The minimum atomic E-state index is -0.394. The van der Waals surface area contributed by atoms with Gasteiger partial charge in [0.1, 0.15) is 0 Å². The van der Waals surface area contributed by atoms with Crippen LogP contribution in [-0.2, 0) is 4.79 Å². The van der Waals surface area contributed by atoms with Crippen molar-refractivity contribution in [3.8, 4) is 0 Å². The van der Waals surface area contributed by atoms with Crippen LogP contribution in [-0.4, -0.2) is 28.0 Å². The van der Waals surface area contributed by atoms with Crippen molar-refractivity contribution in [2.24, 2.45) is 0 Å². The molecule has 0 radical (unpaired) electrons. The van der Waals surface area contributed by atoms with Crippen LogP contribution < -0.4 is 0 Å². The smallest absolute Gasteiger partial charge is 0.261 e. The largest absolute Gasteiger partial charge is 0.281 e. The van der Waals surface area contributed by atoms with E-state index in [1.165, 1.54) is 4.90 Å². The summed E-state index contributed by atoms with van der Waals surface area (Å²) in [5.41, 5.74) is 0.903. The third-order valence-corrected chi connectivity index (χ3v) is 3.45. The van der Waals surface area contributed by atoms with E-state index in [-0.39, 0.29) is 24.3 Å². The van der Waals surface area contributed by atoms with E-state index >= 15 is 0 Å². The van der Waals surface area contributed by atoms with Crippen LogP contribution in [0.1, 0.15) is 46.9 Å². The van der Waals surface area contributed by atoms with Crippen LogP contribution in [0, 0.1) is 0 Å². The zero-order valence-electron chi connectivity index (χ0n) is 10.6.